The Kier molecular flexibility index (Phi) is 6.09. The highest BCUT2D eigenvalue weighted by molar-refractivity contribution is 7.51. The van der Waals surface area contributed by atoms with Gasteiger partial charge in [0.2, 0.25) is 0 Å². The first-order valence-corrected chi connectivity index (χ1v) is 5.64. The fraction of sp³-hybridized carbons (Fsp3) is 0.500. The van der Waals surface area contributed by atoms with Crippen molar-refractivity contribution in [1.82, 2.24) is 0 Å². The van der Waals surface area contributed by atoms with E-state index in [1.165, 1.54) is 11.1 Å². The topological polar surface area (TPSA) is 34.1 Å². The second-order valence-electron chi connectivity index (χ2n) is 4.33. The van der Waals surface area contributed by atoms with Gasteiger partial charge in [-0.25, -0.2) is 0 Å². The summed E-state index contributed by atoms with van der Waals surface area (Å²) in [5, 5.41) is 0. The molecule has 84 valence electrons. The lowest BCUT2D eigenvalue weighted by atomic mass is 9.83. The van der Waals surface area contributed by atoms with E-state index in [9.17, 15) is 0 Å². The van der Waals surface area contributed by atoms with Gasteiger partial charge in [-0.15, -0.1) is 0 Å². The first-order chi connectivity index (χ1) is 6.97. The van der Waals surface area contributed by atoms with Crippen LogP contribution in [-0.2, 0) is 23.4 Å². The molecule has 2 nitrogen and oxygen atoms in total. The molecular formula is C12H18O2S. The second-order valence-corrected chi connectivity index (χ2v) is 4.46. The SMILES string of the molecule is CCc1ccccc1C(C)(C)C.O=S=O. The Morgan fingerprint density at radius 2 is 1.60 bits per heavy atom. The van der Waals surface area contributed by atoms with E-state index in [1.807, 2.05) is 0 Å². The first kappa shape index (κ1) is 14.0. The van der Waals surface area contributed by atoms with E-state index in [4.69, 9.17) is 8.42 Å². The van der Waals surface area contributed by atoms with Crippen LogP contribution in [0.15, 0.2) is 24.3 Å². The normalized spacial score (nSPS) is 10.1. The van der Waals surface area contributed by atoms with Crippen LogP contribution in [0.2, 0.25) is 0 Å². The Balaban J connectivity index is 0.000000583. The third-order valence-corrected chi connectivity index (χ3v) is 2.21. The summed E-state index contributed by atoms with van der Waals surface area (Å²) in [5.74, 6) is 0. The van der Waals surface area contributed by atoms with Crippen LogP contribution < -0.4 is 0 Å². The molecule has 0 spiro atoms. The van der Waals surface area contributed by atoms with Crippen molar-refractivity contribution in [2.75, 3.05) is 0 Å². The zero-order chi connectivity index (χ0) is 11.9. The molecule has 0 unspecified atom stereocenters. The number of rotatable bonds is 1. The van der Waals surface area contributed by atoms with Gasteiger partial charge in [-0.1, -0.05) is 52.0 Å². The van der Waals surface area contributed by atoms with E-state index in [0.717, 1.165) is 6.42 Å². The minimum Gasteiger partial charge on any atom is -0.168 e. The zero-order valence-corrected chi connectivity index (χ0v) is 10.6. The summed E-state index contributed by atoms with van der Waals surface area (Å²) in [6.07, 6.45) is 1.13. The fourth-order valence-electron chi connectivity index (χ4n) is 1.56. The summed E-state index contributed by atoms with van der Waals surface area (Å²) in [5.41, 5.74) is 3.24. The molecule has 0 saturated carbocycles. The first-order valence-electron chi connectivity index (χ1n) is 4.97. The van der Waals surface area contributed by atoms with E-state index in [-0.39, 0.29) is 5.41 Å². The summed E-state index contributed by atoms with van der Waals surface area (Å²) in [6.45, 7) is 9.01. The second kappa shape index (κ2) is 6.51. The number of hydrogen-bond donors (Lipinski definition) is 0. The van der Waals surface area contributed by atoms with Crippen LogP contribution in [0.1, 0.15) is 38.8 Å². The number of aryl methyl sites for hydroxylation is 1. The lowest BCUT2D eigenvalue weighted by molar-refractivity contribution is 0.583. The van der Waals surface area contributed by atoms with Crippen molar-refractivity contribution in [3.05, 3.63) is 35.4 Å². The molecule has 0 radical (unpaired) electrons. The minimum atomic E-state index is -0.750. The van der Waals surface area contributed by atoms with Crippen molar-refractivity contribution in [2.45, 2.75) is 39.5 Å². The van der Waals surface area contributed by atoms with Crippen LogP contribution in [0.4, 0.5) is 0 Å². The summed E-state index contributed by atoms with van der Waals surface area (Å²) in [4.78, 5) is 0. The molecule has 0 saturated heterocycles. The molecule has 0 aliphatic heterocycles. The van der Waals surface area contributed by atoms with Crippen molar-refractivity contribution in [3.63, 3.8) is 0 Å². The molecule has 0 aliphatic rings. The molecule has 3 heteroatoms. The molecule has 15 heavy (non-hydrogen) atoms. The lowest BCUT2D eigenvalue weighted by Crippen LogP contribution is -2.13. The predicted molar refractivity (Wildman–Crippen MR) is 63.4 cm³/mol. The van der Waals surface area contributed by atoms with Crippen molar-refractivity contribution in [1.29, 1.82) is 0 Å². The van der Waals surface area contributed by atoms with Gasteiger partial charge in [0.1, 0.15) is 0 Å². The summed E-state index contributed by atoms with van der Waals surface area (Å²) in [6, 6.07) is 8.70. The van der Waals surface area contributed by atoms with Crippen molar-refractivity contribution < 1.29 is 8.42 Å². The molecule has 0 N–H and O–H groups in total. The van der Waals surface area contributed by atoms with Crippen LogP contribution in [-0.4, -0.2) is 8.42 Å². The van der Waals surface area contributed by atoms with E-state index < -0.39 is 11.6 Å². The standard InChI is InChI=1S/C12H18.O2S/c1-5-10-8-6-7-9-11(10)12(2,3)4;1-3-2/h6-9H,5H2,1-4H3;. The van der Waals surface area contributed by atoms with Gasteiger partial charge >= 0.3 is 11.6 Å². The number of hydrogen-bond acceptors (Lipinski definition) is 2. The maximum Gasteiger partial charge on any atom is 0.335 e. The predicted octanol–water partition coefficient (Wildman–Crippen LogP) is 2.88. The monoisotopic (exact) mass is 226 g/mol. The third kappa shape index (κ3) is 4.88. The van der Waals surface area contributed by atoms with Gasteiger partial charge in [0.25, 0.3) is 0 Å². The highest BCUT2D eigenvalue weighted by Crippen LogP contribution is 2.25. The average molecular weight is 226 g/mol. The van der Waals surface area contributed by atoms with Crippen LogP contribution in [0.3, 0.4) is 0 Å². The highest BCUT2D eigenvalue weighted by Gasteiger charge is 2.15. The molecule has 0 aliphatic carbocycles. The molecular weight excluding hydrogens is 208 g/mol. The van der Waals surface area contributed by atoms with Crippen LogP contribution in [0.5, 0.6) is 0 Å². The van der Waals surface area contributed by atoms with E-state index in [0.29, 0.717) is 0 Å². The maximum atomic E-state index is 8.29. The Labute approximate surface area is 95.3 Å². The van der Waals surface area contributed by atoms with Crippen LogP contribution >= 0.6 is 0 Å². The molecule has 1 rings (SSSR count). The van der Waals surface area contributed by atoms with Crippen molar-refractivity contribution in [3.8, 4) is 0 Å². The fourth-order valence-corrected chi connectivity index (χ4v) is 1.56. The van der Waals surface area contributed by atoms with Crippen LogP contribution in [0, 0.1) is 0 Å². The van der Waals surface area contributed by atoms with Gasteiger partial charge in [0.15, 0.2) is 0 Å². The molecule has 0 amide bonds. The molecule has 0 aromatic heterocycles. The Morgan fingerprint density at radius 1 is 1.13 bits per heavy atom. The van der Waals surface area contributed by atoms with Gasteiger partial charge in [-0.3, -0.25) is 0 Å². The molecule has 0 heterocycles. The van der Waals surface area contributed by atoms with Gasteiger partial charge in [0, 0.05) is 0 Å². The largest absolute Gasteiger partial charge is 0.335 e. The lowest BCUT2D eigenvalue weighted by Gasteiger charge is -2.22. The highest BCUT2D eigenvalue weighted by atomic mass is 32.1. The molecule has 0 bridgehead atoms. The van der Waals surface area contributed by atoms with Crippen molar-refractivity contribution >= 4 is 11.6 Å². The average Bonchev–Trinajstić information content (AvgIpc) is 2.18. The summed E-state index contributed by atoms with van der Waals surface area (Å²) in [7, 11) is 0. The smallest absolute Gasteiger partial charge is 0.168 e. The maximum absolute atomic E-state index is 8.29. The Bertz CT molecular complexity index is 334. The molecule has 1 aromatic carbocycles. The molecule has 1 aromatic rings. The molecule has 0 atom stereocenters. The Hall–Kier alpha value is -0.960. The van der Waals surface area contributed by atoms with Gasteiger partial charge < -0.3 is 0 Å². The van der Waals surface area contributed by atoms with Gasteiger partial charge in [0.05, 0.1) is 0 Å². The summed E-state index contributed by atoms with van der Waals surface area (Å²) < 4.78 is 16.6. The Morgan fingerprint density at radius 3 is 1.93 bits per heavy atom. The number of benzene rings is 1. The van der Waals surface area contributed by atoms with Gasteiger partial charge in [-0.2, -0.15) is 8.42 Å². The van der Waals surface area contributed by atoms with Crippen molar-refractivity contribution in [2.24, 2.45) is 0 Å². The van der Waals surface area contributed by atoms with Crippen LogP contribution in [0.25, 0.3) is 0 Å². The van der Waals surface area contributed by atoms with E-state index >= 15 is 0 Å². The minimum absolute atomic E-state index is 0.284. The zero-order valence-electron chi connectivity index (χ0n) is 9.74. The van der Waals surface area contributed by atoms with Gasteiger partial charge in [-0.05, 0) is 23.0 Å². The summed E-state index contributed by atoms with van der Waals surface area (Å²) >= 11 is -0.750. The van der Waals surface area contributed by atoms with E-state index in [1.54, 1.807) is 0 Å². The van der Waals surface area contributed by atoms with E-state index in [2.05, 4.69) is 52.0 Å². The quantitative estimate of drug-likeness (QED) is 0.738. The third-order valence-electron chi connectivity index (χ3n) is 2.21. The molecule has 0 fully saturated rings.